The molecule has 0 amide bonds. The molecule has 0 aromatic carbocycles. The third kappa shape index (κ3) is 2.82. The number of halogens is 6. The Bertz CT molecular complexity index is 460. The molecule has 0 saturated heterocycles. The summed E-state index contributed by atoms with van der Waals surface area (Å²) in [5.74, 6) is -1.85. The van der Waals surface area contributed by atoms with Gasteiger partial charge in [0.1, 0.15) is 0 Å². The van der Waals surface area contributed by atoms with Crippen LogP contribution in [-0.4, -0.2) is 16.1 Å². The standard InChI is InChI=1S/C8H3F5INO2/c9-6(10)4-3(7(16)17)2(14)1-15-5(4)8(11,12)13/h1,6H,(H,16,17). The predicted octanol–water partition coefficient (Wildman–Crippen LogP) is 3.34. The van der Waals surface area contributed by atoms with Crippen LogP contribution in [0, 0.1) is 3.57 Å². The van der Waals surface area contributed by atoms with Gasteiger partial charge in [-0.05, 0) is 22.6 Å². The smallest absolute Gasteiger partial charge is 0.433 e. The molecule has 0 aliphatic carbocycles. The third-order valence-electron chi connectivity index (χ3n) is 1.77. The number of carboxylic acid groups (broad SMARTS) is 1. The van der Waals surface area contributed by atoms with E-state index in [1.165, 1.54) is 22.6 Å². The maximum absolute atomic E-state index is 12.6. The lowest BCUT2D eigenvalue weighted by atomic mass is 10.1. The van der Waals surface area contributed by atoms with Crippen LogP contribution in [0.25, 0.3) is 0 Å². The van der Waals surface area contributed by atoms with E-state index in [0.29, 0.717) is 6.20 Å². The molecule has 3 nitrogen and oxygen atoms in total. The van der Waals surface area contributed by atoms with Crippen LogP contribution in [0.4, 0.5) is 22.0 Å². The number of pyridine rings is 1. The Labute approximate surface area is 105 Å². The Hall–Kier alpha value is -1.00. The molecule has 0 fully saturated rings. The molecule has 1 heterocycles. The van der Waals surface area contributed by atoms with E-state index >= 15 is 0 Å². The molecule has 0 spiro atoms. The van der Waals surface area contributed by atoms with Gasteiger partial charge >= 0.3 is 12.1 Å². The Balaban J connectivity index is 3.65. The number of carboxylic acids is 1. The monoisotopic (exact) mass is 367 g/mol. The van der Waals surface area contributed by atoms with Gasteiger partial charge in [0.2, 0.25) is 0 Å². The van der Waals surface area contributed by atoms with Crippen LogP contribution in [0.5, 0.6) is 0 Å². The van der Waals surface area contributed by atoms with Gasteiger partial charge in [0.05, 0.1) is 11.1 Å². The number of aromatic carboxylic acids is 1. The molecule has 0 aliphatic heterocycles. The maximum atomic E-state index is 12.6. The second kappa shape index (κ2) is 4.70. The van der Waals surface area contributed by atoms with Gasteiger partial charge in [-0.1, -0.05) is 0 Å². The van der Waals surface area contributed by atoms with E-state index in [2.05, 4.69) is 4.98 Å². The summed E-state index contributed by atoms with van der Waals surface area (Å²) in [5.41, 5.74) is -4.54. The lowest BCUT2D eigenvalue weighted by Gasteiger charge is -2.14. The summed E-state index contributed by atoms with van der Waals surface area (Å²) in [6.07, 6.45) is -8.10. The minimum absolute atomic E-state index is 0.279. The average molecular weight is 367 g/mol. The fourth-order valence-electron chi connectivity index (χ4n) is 1.16. The second-order valence-electron chi connectivity index (χ2n) is 2.85. The molecule has 1 rings (SSSR count). The number of nitrogens with zero attached hydrogens (tertiary/aromatic N) is 1. The van der Waals surface area contributed by atoms with Crippen molar-refractivity contribution < 1.29 is 31.9 Å². The van der Waals surface area contributed by atoms with Gasteiger partial charge in [-0.15, -0.1) is 0 Å². The van der Waals surface area contributed by atoms with Crippen LogP contribution in [-0.2, 0) is 6.18 Å². The van der Waals surface area contributed by atoms with Gasteiger partial charge in [-0.3, -0.25) is 4.98 Å². The third-order valence-corrected chi connectivity index (χ3v) is 2.59. The van der Waals surface area contributed by atoms with E-state index in [1.807, 2.05) is 0 Å². The van der Waals surface area contributed by atoms with Crippen molar-refractivity contribution in [2.45, 2.75) is 12.6 Å². The Morgan fingerprint density at radius 3 is 2.29 bits per heavy atom. The van der Waals surface area contributed by atoms with Crippen molar-refractivity contribution in [3.8, 4) is 0 Å². The molecule has 1 aromatic heterocycles. The molecule has 9 heteroatoms. The zero-order valence-corrected chi connectivity index (χ0v) is 9.88. The Kier molecular flexibility index (Phi) is 3.89. The minimum Gasteiger partial charge on any atom is -0.478 e. The van der Waals surface area contributed by atoms with Gasteiger partial charge in [0, 0.05) is 9.77 Å². The number of hydrogen-bond acceptors (Lipinski definition) is 2. The van der Waals surface area contributed by atoms with Crippen LogP contribution in [0.3, 0.4) is 0 Å². The molecule has 0 aliphatic rings. The van der Waals surface area contributed by atoms with Crippen molar-refractivity contribution in [3.05, 3.63) is 26.6 Å². The van der Waals surface area contributed by atoms with Gasteiger partial charge in [0.25, 0.3) is 6.43 Å². The van der Waals surface area contributed by atoms with Crippen molar-refractivity contribution in [3.63, 3.8) is 0 Å². The molecule has 94 valence electrons. The van der Waals surface area contributed by atoms with E-state index in [4.69, 9.17) is 5.11 Å². The van der Waals surface area contributed by atoms with Crippen LogP contribution in [0.1, 0.15) is 28.0 Å². The molecule has 1 aromatic rings. The summed E-state index contributed by atoms with van der Waals surface area (Å²) in [6.45, 7) is 0. The molecule has 0 bridgehead atoms. The molecular weight excluding hydrogens is 364 g/mol. The molecule has 17 heavy (non-hydrogen) atoms. The molecule has 1 N–H and O–H groups in total. The van der Waals surface area contributed by atoms with Crippen molar-refractivity contribution in [2.75, 3.05) is 0 Å². The summed E-state index contributed by atoms with van der Waals surface area (Å²) in [7, 11) is 0. The zero-order valence-electron chi connectivity index (χ0n) is 7.73. The number of rotatable bonds is 2. The molecule has 0 radical (unpaired) electrons. The van der Waals surface area contributed by atoms with Crippen LogP contribution < -0.4 is 0 Å². The molecule has 0 unspecified atom stereocenters. The van der Waals surface area contributed by atoms with Gasteiger partial charge in [0.15, 0.2) is 5.69 Å². The summed E-state index contributed by atoms with van der Waals surface area (Å²) < 4.78 is 62.0. The van der Waals surface area contributed by atoms with Crippen LogP contribution in [0.2, 0.25) is 0 Å². The molecular formula is C8H3F5INO2. The number of aromatic nitrogens is 1. The normalized spacial score (nSPS) is 11.9. The highest BCUT2D eigenvalue weighted by atomic mass is 127. The first-order valence-electron chi connectivity index (χ1n) is 3.93. The zero-order chi connectivity index (χ0) is 13.4. The number of carbonyl (C=O) groups is 1. The topological polar surface area (TPSA) is 50.2 Å². The highest BCUT2D eigenvalue weighted by Gasteiger charge is 2.40. The van der Waals surface area contributed by atoms with Crippen molar-refractivity contribution >= 4 is 28.6 Å². The highest BCUT2D eigenvalue weighted by Crippen LogP contribution is 2.37. The van der Waals surface area contributed by atoms with E-state index in [0.717, 1.165) is 0 Å². The fourth-order valence-corrected chi connectivity index (χ4v) is 1.82. The molecule has 0 saturated carbocycles. The Morgan fingerprint density at radius 2 is 1.94 bits per heavy atom. The fraction of sp³-hybridized carbons (Fsp3) is 0.250. The average Bonchev–Trinajstić information content (AvgIpc) is 2.14. The largest absolute Gasteiger partial charge is 0.478 e. The predicted molar refractivity (Wildman–Crippen MR) is 53.9 cm³/mol. The first kappa shape index (κ1) is 14.1. The van der Waals surface area contributed by atoms with Crippen molar-refractivity contribution in [1.82, 2.24) is 4.98 Å². The van der Waals surface area contributed by atoms with Gasteiger partial charge < -0.3 is 5.11 Å². The van der Waals surface area contributed by atoms with Crippen LogP contribution in [0.15, 0.2) is 6.20 Å². The lowest BCUT2D eigenvalue weighted by Crippen LogP contribution is -2.18. The van der Waals surface area contributed by atoms with Gasteiger partial charge in [-0.25, -0.2) is 13.6 Å². The van der Waals surface area contributed by atoms with E-state index in [9.17, 15) is 26.7 Å². The first-order chi connectivity index (χ1) is 7.66. The quantitative estimate of drug-likeness (QED) is 0.645. The van der Waals surface area contributed by atoms with E-state index in [-0.39, 0.29) is 3.57 Å². The number of hydrogen-bond donors (Lipinski definition) is 1. The summed E-state index contributed by atoms with van der Waals surface area (Å²) in [4.78, 5) is 13.5. The first-order valence-corrected chi connectivity index (χ1v) is 5.01. The minimum atomic E-state index is -5.12. The summed E-state index contributed by atoms with van der Waals surface area (Å²) >= 11 is 1.34. The summed E-state index contributed by atoms with van der Waals surface area (Å²) in [6, 6.07) is 0. The molecule has 0 atom stereocenters. The van der Waals surface area contributed by atoms with Crippen molar-refractivity contribution in [2.24, 2.45) is 0 Å². The SMILES string of the molecule is O=C(O)c1c(I)cnc(C(F)(F)F)c1C(F)F. The lowest BCUT2D eigenvalue weighted by molar-refractivity contribution is -0.143. The van der Waals surface area contributed by atoms with E-state index < -0.39 is 35.4 Å². The second-order valence-corrected chi connectivity index (χ2v) is 4.01. The van der Waals surface area contributed by atoms with E-state index in [1.54, 1.807) is 0 Å². The Morgan fingerprint density at radius 1 is 1.41 bits per heavy atom. The van der Waals surface area contributed by atoms with Gasteiger partial charge in [-0.2, -0.15) is 13.2 Å². The van der Waals surface area contributed by atoms with Crippen molar-refractivity contribution in [1.29, 1.82) is 0 Å². The number of alkyl halides is 5. The summed E-state index contributed by atoms with van der Waals surface area (Å²) in [5, 5.41) is 8.65. The maximum Gasteiger partial charge on any atom is 0.433 e. The highest BCUT2D eigenvalue weighted by molar-refractivity contribution is 14.1. The van der Waals surface area contributed by atoms with Crippen LogP contribution >= 0.6 is 22.6 Å².